The van der Waals surface area contributed by atoms with E-state index in [0.29, 0.717) is 23.2 Å². The molecule has 1 fully saturated rings. The van der Waals surface area contributed by atoms with Gasteiger partial charge < -0.3 is 15.7 Å². The zero-order valence-electron chi connectivity index (χ0n) is 14.3. The number of aromatic hydroxyl groups is 1. The number of phenols is 1. The van der Waals surface area contributed by atoms with Crippen molar-refractivity contribution in [1.29, 1.82) is 0 Å². The zero-order valence-corrected chi connectivity index (χ0v) is 14.3. The molecule has 0 saturated carbocycles. The van der Waals surface area contributed by atoms with E-state index >= 15 is 0 Å². The van der Waals surface area contributed by atoms with Gasteiger partial charge in [-0.05, 0) is 49.7 Å². The molecule has 1 atom stereocenters. The molecule has 0 aliphatic carbocycles. The minimum atomic E-state index is -4.52. The maximum Gasteiger partial charge on any atom is 0.416 e. The third-order valence-corrected chi connectivity index (χ3v) is 4.67. The summed E-state index contributed by atoms with van der Waals surface area (Å²) in [6, 6.07) is 6.66. The van der Waals surface area contributed by atoms with Crippen molar-refractivity contribution >= 4 is 11.5 Å². The number of rotatable bonds is 3. The van der Waals surface area contributed by atoms with Gasteiger partial charge >= 0.3 is 6.18 Å². The van der Waals surface area contributed by atoms with E-state index in [1.807, 2.05) is 0 Å². The number of anilines is 1. The zero-order chi connectivity index (χ0) is 19.0. The third-order valence-electron chi connectivity index (χ3n) is 4.67. The van der Waals surface area contributed by atoms with E-state index in [-0.39, 0.29) is 11.6 Å². The summed E-state index contributed by atoms with van der Waals surface area (Å²) in [5, 5.41) is 25.2. The first kappa shape index (κ1) is 17.6. The molecule has 0 bridgehead atoms. The Hall–Kier alpha value is -2.81. The Morgan fingerprint density at radius 2 is 2.07 bits per heavy atom. The number of halogens is 3. The van der Waals surface area contributed by atoms with Crippen LogP contribution in [-0.2, 0) is 6.18 Å². The normalized spacial score (nSPS) is 18.0. The molecule has 6 nitrogen and oxygen atoms in total. The highest BCUT2D eigenvalue weighted by molar-refractivity contribution is 5.81. The fourth-order valence-corrected chi connectivity index (χ4v) is 3.31. The lowest BCUT2D eigenvalue weighted by atomic mass is 10.1. The van der Waals surface area contributed by atoms with E-state index in [2.05, 4.69) is 20.8 Å². The summed E-state index contributed by atoms with van der Waals surface area (Å²) in [5.74, 6) is 0.0678. The molecule has 4 rings (SSSR count). The molecular weight excluding hydrogens is 359 g/mol. The fourth-order valence-electron chi connectivity index (χ4n) is 3.31. The van der Waals surface area contributed by atoms with Crippen molar-refractivity contribution < 1.29 is 18.3 Å². The molecule has 27 heavy (non-hydrogen) atoms. The largest absolute Gasteiger partial charge is 0.507 e. The van der Waals surface area contributed by atoms with Gasteiger partial charge in [0.25, 0.3) is 0 Å². The smallest absolute Gasteiger partial charge is 0.416 e. The van der Waals surface area contributed by atoms with Crippen molar-refractivity contribution in [2.24, 2.45) is 0 Å². The topological polar surface area (TPSA) is 74.5 Å². The molecule has 3 aromatic rings. The molecule has 2 aromatic heterocycles. The van der Waals surface area contributed by atoms with Crippen molar-refractivity contribution in [3.05, 3.63) is 42.1 Å². The van der Waals surface area contributed by atoms with E-state index in [0.717, 1.165) is 32.0 Å². The maximum atomic E-state index is 12.8. The second kappa shape index (κ2) is 6.73. The standard InChI is InChI=1S/C18H18F3N5O/c19-18(20,21)11-5-6-13(15(27)9-11)16-14-4-2-8-26(14)17(25-24-16)23-12-3-1-7-22-10-12/h2,4-6,8-9,12,22,27H,1,3,7,10H2,(H,23,25). The molecule has 3 heterocycles. The lowest BCUT2D eigenvalue weighted by Crippen LogP contribution is -2.39. The van der Waals surface area contributed by atoms with Gasteiger partial charge in [0.1, 0.15) is 11.4 Å². The van der Waals surface area contributed by atoms with Crippen LogP contribution >= 0.6 is 0 Å². The fraction of sp³-hybridized carbons (Fsp3) is 0.333. The maximum absolute atomic E-state index is 12.8. The van der Waals surface area contributed by atoms with Gasteiger partial charge in [0.15, 0.2) is 0 Å². The highest BCUT2D eigenvalue weighted by atomic mass is 19.4. The quantitative estimate of drug-likeness (QED) is 0.653. The van der Waals surface area contributed by atoms with Crippen LogP contribution in [0.1, 0.15) is 18.4 Å². The van der Waals surface area contributed by atoms with Crippen LogP contribution in [0, 0.1) is 0 Å². The number of phenolic OH excluding ortho intramolecular Hbond substituents is 1. The number of piperidine rings is 1. The highest BCUT2D eigenvalue weighted by Gasteiger charge is 2.31. The molecule has 1 saturated heterocycles. The Bertz CT molecular complexity index is 963. The summed E-state index contributed by atoms with van der Waals surface area (Å²) in [6.45, 7) is 1.82. The van der Waals surface area contributed by atoms with Crippen LogP contribution in [0.25, 0.3) is 16.8 Å². The molecule has 0 radical (unpaired) electrons. The van der Waals surface area contributed by atoms with Crippen LogP contribution < -0.4 is 10.6 Å². The Labute approximate surface area is 153 Å². The molecule has 1 aliphatic heterocycles. The average molecular weight is 377 g/mol. The number of aromatic nitrogens is 3. The lowest BCUT2D eigenvalue weighted by molar-refractivity contribution is -0.137. The molecule has 0 amide bonds. The Morgan fingerprint density at radius 1 is 1.22 bits per heavy atom. The summed E-state index contributed by atoms with van der Waals surface area (Å²) < 4.78 is 40.3. The van der Waals surface area contributed by atoms with E-state index in [9.17, 15) is 18.3 Å². The Balaban J connectivity index is 1.71. The van der Waals surface area contributed by atoms with Crippen LogP contribution in [0.4, 0.5) is 19.1 Å². The monoisotopic (exact) mass is 377 g/mol. The van der Waals surface area contributed by atoms with Crippen molar-refractivity contribution in [3.8, 4) is 17.0 Å². The number of nitrogens with one attached hydrogen (secondary N) is 2. The van der Waals surface area contributed by atoms with Crippen LogP contribution in [0.15, 0.2) is 36.5 Å². The molecular formula is C18H18F3N5O. The van der Waals surface area contributed by atoms with Gasteiger partial charge in [-0.15, -0.1) is 10.2 Å². The molecule has 1 unspecified atom stereocenters. The molecule has 142 valence electrons. The van der Waals surface area contributed by atoms with Gasteiger partial charge in [-0.25, -0.2) is 0 Å². The van der Waals surface area contributed by atoms with Crippen molar-refractivity contribution in [2.45, 2.75) is 25.1 Å². The number of hydrogen-bond donors (Lipinski definition) is 3. The van der Waals surface area contributed by atoms with Gasteiger partial charge in [-0.2, -0.15) is 13.2 Å². The van der Waals surface area contributed by atoms with Gasteiger partial charge in [0, 0.05) is 24.3 Å². The first-order valence-corrected chi connectivity index (χ1v) is 8.65. The van der Waals surface area contributed by atoms with Gasteiger partial charge in [-0.3, -0.25) is 4.40 Å². The molecule has 3 N–H and O–H groups in total. The van der Waals surface area contributed by atoms with Crippen LogP contribution in [0.3, 0.4) is 0 Å². The first-order valence-electron chi connectivity index (χ1n) is 8.65. The number of alkyl halides is 3. The third kappa shape index (κ3) is 3.42. The number of hydrogen-bond acceptors (Lipinski definition) is 5. The molecule has 1 aliphatic rings. The number of nitrogens with zero attached hydrogens (tertiary/aromatic N) is 3. The molecule has 0 spiro atoms. The highest BCUT2D eigenvalue weighted by Crippen LogP contribution is 2.37. The first-order chi connectivity index (χ1) is 12.9. The summed E-state index contributed by atoms with van der Waals surface area (Å²) in [4.78, 5) is 0. The van der Waals surface area contributed by atoms with Crippen LogP contribution in [0.2, 0.25) is 0 Å². The lowest BCUT2D eigenvalue weighted by Gasteiger charge is -2.24. The predicted octanol–water partition coefficient (Wildman–Crippen LogP) is 3.28. The Kier molecular flexibility index (Phi) is 4.39. The SMILES string of the molecule is Oc1cc(C(F)(F)F)ccc1-c1nnc(NC2CCCNC2)n2cccc12. The molecule has 1 aromatic carbocycles. The average Bonchev–Trinajstić information content (AvgIpc) is 3.13. The summed E-state index contributed by atoms with van der Waals surface area (Å²) in [7, 11) is 0. The van der Waals surface area contributed by atoms with Crippen molar-refractivity contribution in [2.75, 3.05) is 18.4 Å². The summed E-state index contributed by atoms with van der Waals surface area (Å²) in [6.07, 6.45) is -0.641. The number of benzene rings is 1. The van der Waals surface area contributed by atoms with Gasteiger partial charge in [0.2, 0.25) is 5.95 Å². The van der Waals surface area contributed by atoms with Crippen molar-refractivity contribution in [1.82, 2.24) is 19.9 Å². The molecule has 9 heteroatoms. The van der Waals surface area contributed by atoms with E-state index in [1.165, 1.54) is 6.07 Å². The minimum absolute atomic E-state index is 0.199. The van der Waals surface area contributed by atoms with E-state index in [1.54, 1.807) is 22.7 Å². The van der Waals surface area contributed by atoms with Gasteiger partial charge in [0.05, 0.1) is 11.1 Å². The van der Waals surface area contributed by atoms with Crippen molar-refractivity contribution in [3.63, 3.8) is 0 Å². The van der Waals surface area contributed by atoms with Crippen LogP contribution in [-0.4, -0.2) is 38.8 Å². The minimum Gasteiger partial charge on any atom is -0.507 e. The van der Waals surface area contributed by atoms with E-state index < -0.39 is 17.5 Å². The second-order valence-electron chi connectivity index (χ2n) is 6.55. The summed E-state index contributed by atoms with van der Waals surface area (Å²) in [5.41, 5.74) is 0.251. The van der Waals surface area contributed by atoms with Gasteiger partial charge in [-0.1, -0.05) is 0 Å². The second-order valence-corrected chi connectivity index (χ2v) is 6.55. The number of fused-ring (bicyclic) bond motifs is 1. The van der Waals surface area contributed by atoms with E-state index in [4.69, 9.17) is 0 Å². The Morgan fingerprint density at radius 3 is 2.78 bits per heavy atom. The predicted molar refractivity (Wildman–Crippen MR) is 94.6 cm³/mol. The van der Waals surface area contributed by atoms with Crippen LogP contribution in [0.5, 0.6) is 5.75 Å². The summed E-state index contributed by atoms with van der Waals surface area (Å²) >= 11 is 0.